The lowest BCUT2D eigenvalue weighted by atomic mass is 10.0. The minimum atomic E-state index is -0.554. The number of nitrogens with zero attached hydrogens (tertiary/aromatic N) is 1. The summed E-state index contributed by atoms with van der Waals surface area (Å²) < 4.78 is 0. The van der Waals surface area contributed by atoms with E-state index in [0.29, 0.717) is 22.4 Å². The third kappa shape index (κ3) is 7.06. The van der Waals surface area contributed by atoms with Gasteiger partial charge in [0, 0.05) is 29.0 Å². The van der Waals surface area contributed by atoms with Crippen LogP contribution in [0.1, 0.15) is 31.8 Å². The standard InChI is InChI=1S/C26H23N3O3S/c27-15-16-28-26(32)23(33-18-19-7-3-1-4-8-19)17-29-25(31)22-13-11-21(12-14-22)24(30)20-9-5-2-6-10-20/h1-14,23H,16-18H2,(H,28,32)(H,29,31). The number of hydrogen-bond acceptors (Lipinski definition) is 5. The summed E-state index contributed by atoms with van der Waals surface area (Å²) in [5, 5.41) is 13.5. The molecule has 6 nitrogen and oxygen atoms in total. The van der Waals surface area contributed by atoms with Gasteiger partial charge < -0.3 is 10.6 Å². The van der Waals surface area contributed by atoms with Crippen molar-refractivity contribution in [3.05, 3.63) is 107 Å². The van der Waals surface area contributed by atoms with Crippen molar-refractivity contribution in [1.29, 1.82) is 5.26 Å². The molecular formula is C26H23N3O3S. The van der Waals surface area contributed by atoms with Crippen LogP contribution < -0.4 is 10.6 Å². The largest absolute Gasteiger partial charge is 0.350 e. The number of rotatable bonds is 10. The van der Waals surface area contributed by atoms with E-state index in [0.717, 1.165) is 5.56 Å². The van der Waals surface area contributed by atoms with Gasteiger partial charge in [0.1, 0.15) is 11.8 Å². The summed E-state index contributed by atoms with van der Waals surface area (Å²) >= 11 is 1.39. The lowest BCUT2D eigenvalue weighted by Gasteiger charge is -2.16. The number of nitrogens with one attached hydrogen (secondary N) is 2. The van der Waals surface area contributed by atoms with E-state index in [4.69, 9.17) is 5.26 Å². The number of ketones is 1. The van der Waals surface area contributed by atoms with Gasteiger partial charge in [-0.1, -0.05) is 72.8 Å². The molecule has 33 heavy (non-hydrogen) atoms. The van der Waals surface area contributed by atoms with Gasteiger partial charge in [-0.3, -0.25) is 14.4 Å². The molecule has 2 amide bonds. The second kappa shape index (κ2) is 12.2. The van der Waals surface area contributed by atoms with Crippen LogP contribution in [0.25, 0.3) is 0 Å². The number of carbonyl (C=O) groups excluding carboxylic acids is 3. The zero-order valence-corrected chi connectivity index (χ0v) is 18.7. The Labute approximate surface area is 197 Å². The molecule has 0 heterocycles. The molecule has 0 saturated heterocycles. The van der Waals surface area contributed by atoms with Gasteiger partial charge in [-0.25, -0.2) is 0 Å². The van der Waals surface area contributed by atoms with Gasteiger partial charge in [-0.2, -0.15) is 5.26 Å². The quantitative estimate of drug-likeness (QED) is 0.358. The summed E-state index contributed by atoms with van der Waals surface area (Å²) in [6, 6.07) is 26.9. The molecule has 0 bridgehead atoms. The Hall–Kier alpha value is -3.89. The average Bonchev–Trinajstić information content (AvgIpc) is 2.88. The Kier molecular flexibility index (Phi) is 8.80. The van der Waals surface area contributed by atoms with Crippen LogP contribution in [-0.2, 0) is 10.5 Å². The molecule has 3 rings (SSSR count). The molecular weight excluding hydrogens is 434 g/mol. The molecule has 0 aliphatic rings. The van der Waals surface area contributed by atoms with E-state index in [-0.39, 0.29) is 30.7 Å². The average molecular weight is 458 g/mol. The molecule has 0 aliphatic carbocycles. The van der Waals surface area contributed by atoms with E-state index in [1.54, 1.807) is 48.5 Å². The SMILES string of the molecule is N#CCNC(=O)C(CNC(=O)c1ccc(C(=O)c2ccccc2)cc1)SCc1ccccc1. The highest BCUT2D eigenvalue weighted by Crippen LogP contribution is 2.18. The van der Waals surface area contributed by atoms with Crippen LogP contribution >= 0.6 is 11.8 Å². The number of benzene rings is 3. The normalized spacial score (nSPS) is 11.1. The molecule has 0 saturated carbocycles. The van der Waals surface area contributed by atoms with Gasteiger partial charge in [-0.05, 0) is 17.7 Å². The summed E-state index contributed by atoms with van der Waals surface area (Å²) in [5.74, 6) is -0.166. The number of carbonyl (C=O) groups is 3. The molecule has 1 unspecified atom stereocenters. The second-order valence-electron chi connectivity index (χ2n) is 7.14. The Morgan fingerprint density at radius 2 is 1.36 bits per heavy atom. The van der Waals surface area contributed by atoms with Crippen molar-refractivity contribution < 1.29 is 14.4 Å². The zero-order chi connectivity index (χ0) is 23.5. The van der Waals surface area contributed by atoms with Crippen LogP contribution in [0.2, 0.25) is 0 Å². The van der Waals surface area contributed by atoms with Crippen LogP contribution in [-0.4, -0.2) is 35.9 Å². The van der Waals surface area contributed by atoms with Crippen molar-refractivity contribution in [3.8, 4) is 6.07 Å². The summed E-state index contributed by atoms with van der Waals surface area (Å²) in [4.78, 5) is 37.6. The first-order valence-corrected chi connectivity index (χ1v) is 11.4. The van der Waals surface area contributed by atoms with Gasteiger partial charge in [0.05, 0.1) is 6.07 Å². The van der Waals surface area contributed by atoms with Crippen LogP contribution in [0, 0.1) is 11.3 Å². The molecule has 0 radical (unpaired) electrons. The molecule has 0 aromatic heterocycles. The fraction of sp³-hybridized carbons (Fsp3) is 0.154. The summed E-state index contributed by atoms with van der Waals surface area (Å²) in [5.41, 5.74) is 2.52. The lowest BCUT2D eigenvalue weighted by molar-refractivity contribution is -0.120. The van der Waals surface area contributed by atoms with Crippen molar-refractivity contribution in [2.24, 2.45) is 0 Å². The highest BCUT2D eigenvalue weighted by atomic mass is 32.2. The Balaban J connectivity index is 1.60. The van der Waals surface area contributed by atoms with Gasteiger partial charge in [0.15, 0.2) is 5.78 Å². The maximum absolute atomic E-state index is 12.6. The predicted molar refractivity (Wildman–Crippen MR) is 129 cm³/mol. The molecule has 1 atom stereocenters. The molecule has 0 aliphatic heterocycles. The first kappa shape index (κ1) is 23.8. The molecule has 0 spiro atoms. The minimum absolute atomic E-state index is 0.0912. The number of amides is 2. The number of hydrogen-bond donors (Lipinski definition) is 2. The molecule has 2 N–H and O–H groups in total. The summed E-state index contributed by atoms with van der Waals surface area (Å²) in [6.07, 6.45) is 0. The van der Waals surface area contributed by atoms with Crippen molar-refractivity contribution in [2.45, 2.75) is 11.0 Å². The van der Waals surface area contributed by atoms with Crippen molar-refractivity contribution in [2.75, 3.05) is 13.1 Å². The smallest absolute Gasteiger partial charge is 0.251 e. The van der Waals surface area contributed by atoms with Gasteiger partial charge in [-0.15, -0.1) is 11.8 Å². The molecule has 166 valence electrons. The first-order chi connectivity index (χ1) is 16.1. The number of thioether (sulfide) groups is 1. The Morgan fingerprint density at radius 3 is 2.00 bits per heavy atom. The van der Waals surface area contributed by atoms with Crippen molar-refractivity contribution >= 4 is 29.4 Å². The van der Waals surface area contributed by atoms with Crippen LogP contribution in [0.3, 0.4) is 0 Å². The van der Waals surface area contributed by atoms with Crippen LogP contribution in [0.15, 0.2) is 84.9 Å². The predicted octanol–water partition coefficient (Wildman–Crippen LogP) is 3.59. The van der Waals surface area contributed by atoms with E-state index in [1.165, 1.54) is 11.8 Å². The van der Waals surface area contributed by atoms with Gasteiger partial charge in [0.2, 0.25) is 5.91 Å². The fourth-order valence-corrected chi connectivity index (χ4v) is 4.08. The van der Waals surface area contributed by atoms with E-state index < -0.39 is 5.25 Å². The van der Waals surface area contributed by atoms with E-state index in [9.17, 15) is 14.4 Å². The Bertz CT molecular complexity index is 1130. The molecule has 7 heteroatoms. The minimum Gasteiger partial charge on any atom is -0.350 e. The Morgan fingerprint density at radius 1 is 0.788 bits per heavy atom. The third-order valence-electron chi connectivity index (χ3n) is 4.82. The molecule has 3 aromatic carbocycles. The van der Waals surface area contributed by atoms with Crippen LogP contribution in [0.5, 0.6) is 0 Å². The summed E-state index contributed by atoms with van der Waals surface area (Å²) in [7, 11) is 0. The molecule has 0 fully saturated rings. The summed E-state index contributed by atoms with van der Waals surface area (Å²) in [6.45, 7) is 0.0182. The van der Waals surface area contributed by atoms with Gasteiger partial charge in [0.25, 0.3) is 5.91 Å². The third-order valence-corrected chi connectivity index (χ3v) is 6.10. The number of nitriles is 1. The first-order valence-electron chi connectivity index (χ1n) is 10.4. The topological polar surface area (TPSA) is 99.1 Å². The fourth-order valence-electron chi connectivity index (χ4n) is 3.06. The zero-order valence-electron chi connectivity index (χ0n) is 17.9. The maximum Gasteiger partial charge on any atom is 0.251 e. The van der Waals surface area contributed by atoms with Crippen molar-refractivity contribution in [1.82, 2.24) is 10.6 Å². The van der Waals surface area contributed by atoms with E-state index >= 15 is 0 Å². The van der Waals surface area contributed by atoms with Gasteiger partial charge >= 0.3 is 0 Å². The molecule has 3 aromatic rings. The highest BCUT2D eigenvalue weighted by Gasteiger charge is 2.20. The maximum atomic E-state index is 12.6. The lowest BCUT2D eigenvalue weighted by Crippen LogP contribution is -2.41. The monoisotopic (exact) mass is 457 g/mol. The highest BCUT2D eigenvalue weighted by molar-refractivity contribution is 7.99. The van der Waals surface area contributed by atoms with E-state index in [1.807, 2.05) is 42.5 Å². The second-order valence-corrected chi connectivity index (χ2v) is 8.33. The van der Waals surface area contributed by atoms with E-state index in [2.05, 4.69) is 10.6 Å². The van der Waals surface area contributed by atoms with Crippen LogP contribution in [0.4, 0.5) is 0 Å². The van der Waals surface area contributed by atoms with Crippen molar-refractivity contribution in [3.63, 3.8) is 0 Å².